The van der Waals surface area contributed by atoms with E-state index in [1.165, 1.54) is 22.7 Å². The highest BCUT2D eigenvalue weighted by atomic mass is 32.2. The second-order valence-electron chi connectivity index (χ2n) is 7.83. The first kappa shape index (κ1) is 23.8. The van der Waals surface area contributed by atoms with Crippen LogP contribution in [-0.4, -0.2) is 34.0 Å². The van der Waals surface area contributed by atoms with Gasteiger partial charge in [-0.15, -0.1) is 11.3 Å². The summed E-state index contributed by atoms with van der Waals surface area (Å²) in [5.74, 6) is 0.351. The van der Waals surface area contributed by atoms with Crippen molar-refractivity contribution in [3.8, 4) is 5.75 Å². The number of carbonyl (C=O) groups is 1. The molecule has 8 heteroatoms. The third kappa shape index (κ3) is 5.14. The van der Waals surface area contributed by atoms with Gasteiger partial charge in [0.15, 0.2) is 6.61 Å². The molecule has 0 saturated carbocycles. The first-order valence-electron chi connectivity index (χ1n) is 10.3. The van der Waals surface area contributed by atoms with Crippen LogP contribution in [0.25, 0.3) is 0 Å². The molecule has 0 aliphatic heterocycles. The number of thiophene rings is 1. The third-order valence-electron chi connectivity index (χ3n) is 5.08. The normalized spacial score (nSPS) is 11.4. The Morgan fingerprint density at radius 2 is 1.75 bits per heavy atom. The molecule has 1 amide bonds. The number of sulfonamides is 1. The minimum atomic E-state index is -3.60. The highest BCUT2D eigenvalue weighted by Gasteiger charge is 2.23. The van der Waals surface area contributed by atoms with Crippen molar-refractivity contribution in [2.75, 3.05) is 22.9 Å². The van der Waals surface area contributed by atoms with Gasteiger partial charge >= 0.3 is 0 Å². The van der Waals surface area contributed by atoms with Crippen LogP contribution < -0.4 is 13.9 Å². The Kier molecular flexibility index (Phi) is 7.26. The fourth-order valence-electron chi connectivity index (χ4n) is 3.33. The van der Waals surface area contributed by atoms with Gasteiger partial charge in [-0.05, 0) is 80.6 Å². The number of nitrogens with zero attached hydrogens (tertiary/aromatic N) is 2. The summed E-state index contributed by atoms with van der Waals surface area (Å²) in [5, 5.41) is 1.73. The van der Waals surface area contributed by atoms with Crippen LogP contribution in [0, 0.1) is 13.8 Å². The van der Waals surface area contributed by atoms with E-state index >= 15 is 0 Å². The molecule has 0 unspecified atom stereocenters. The van der Waals surface area contributed by atoms with E-state index in [-0.39, 0.29) is 22.8 Å². The summed E-state index contributed by atoms with van der Waals surface area (Å²) >= 11 is 1.18. The zero-order valence-electron chi connectivity index (χ0n) is 18.9. The van der Waals surface area contributed by atoms with Gasteiger partial charge in [0.2, 0.25) is 0 Å². The van der Waals surface area contributed by atoms with Gasteiger partial charge in [0.1, 0.15) is 9.96 Å². The molecule has 1 aromatic heterocycles. The summed E-state index contributed by atoms with van der Waals surface area (Å²) in [4.78, 5) is 14.7. The van der Waals surface area contributed by atoms with E-state index in [0.717, 1.165) is 16.8 Å². The van der Waals surface area contributed by atoms with E-state index in [1.807, 2.05) is 45.9 Å². The SMILES string of the molecule is Cc1ccc(C)c(N(C(=O)COc2ccc(N(C)S(=O)(=O)c3cccs3)cc2)C(C)C)c1. The Morgan fingerprint density at radius 3 is 2.34 bits per heavy atom. The molecule has 1 heterocycles. The summed E-state index contributed by atoms with van der Waals surface area (Å²) in [7, 11) is -2.08. The van der Waals surface area contributed by atoms with Crippen LogP contribution in [0.2, 0.25) is 0 Å². The largest absolute Gasteiger partial charge is 0.484 e. The van der Waals surface area contributed by atoms with Crippen molar-refractivity contribution in [2.45, 2.75) is 37.9 Å². The molecule has 0 fully saturated rings. The van der Waals surface area contributed by atoms with Crippen molar-refractivity contribution in [3.63, 3.8) is 0 Å². The van der Waals surface area contributed by atoms with E-state index in [4.69, 9.17) is 4.74 Å². The minimum Gasteiger partial charge on any atom is -0.484 e. The minimum absolute atomic E-state index is 0.0231. The van der Waals surface area contributed by atoms with Gasteiger partial charge in [-0.25, -0.2) is 8.42 Å². The molecule has 0 radical (unpaired) electrons. The average Bonchev–Trinajstić information content (AvgIpc) is 3.30. The first-order chi connectivity index (χ1) is 15.1. The van der Waals surface area contributed by atoms with Crippen molar-refractivity contribution in [2.24, 2.45) is 0 Å². The molecule has 0 saturated heterocycles. The third-order valence-corrected chi connectivity index (χ3v) is 8.24. The number of amides is 1. The van der Waals surface area contributed by atoms with Gasteiger partial charge in [0, 0.05) is 18.8 Å². The van der Waals surface area contributed by atoms with Gasteiger partial charge in [-0.3, -0.25) is 9.10 Å². The fraction of sp³-hybridized carbons (Fsp3) is 0.292. The molecule has 2 aromatic carbocycles. The lowest BCUT2D eigenvalue weighted by molar-refractivity contribution is -0.120. The van der Waals surface area contributed by atoms with E-state index in [0.29, 0.717) is 11.4 Å². The van der Waals surface area contributed by atoms with E-state index in [9.17, 15) is 13.2 Å². The first-order valence-corrected chi connectivity index (χ1v) is 12.6. The van der Waals surface area contributed by atoms with E-state index < -0.39 is 10.0 Å². The van der Waals surface area contributed by atoms with Crippen LogP contribution in [0.4, 0.5) is 11.4 Å². The smallest absolute Gasteiger partial charge is 0.273 e. The Morgan fingerprint density at radius 1 is 1.06 bits per heavy atom. The van der Waals surface area contributed by atoms with Crippen LogP contribution in [0.5, 0.6) is 5.75 Å². The molecular weight excluding hydrogens is 444 g/mol. The topological polar surface area (TPSA) is 66.9 Å². The highest BCUT2D eigenvalue weighted by molar-refractivity contribution is 7.94. The predicted octanol–water partition coefficient (Wildman–Crippen LogP) is 5.01. The Balaban J connectivity index is 1.70. The van der Waals surface area contributed by atoms with Crippen LogP contribution in [0.1, 0.15) is 25.0 Å². The van der Waals surface area contributed by atoms with Gasteiger partial charge in [0.25, 0.3) is 15.9 Å². The van der Waals surface area contributed by atoms with Crippen molar-refractivity contribution in [3.05, 3.63) is 71.1 Å². The van der Waals surface area contributed by atoms with Crippen LogP contribution in [-0.2, 0) is 14.8 Å². The number of hydrogen-bond acceptors (Lipinski definition) is 5. The van der Waals surface area contributed by atoms with Crippen molar-refractivity contribution in [1.82, 2.24) is 0 Å². The van der Waals surface area contributed by atoms with Crippen LogP contribution >= 0.6 is 11.3 Å². The lowest BCUT2D eigenvalue weighted by Crippen LogP contribution is -2.40. The number of rotatable bonds is 8. The van der Waals surface area contributed by atoms with Gasteiger partial charge in [-0.1, -0.05) is 18.2 Å². The van der Waals surface area contributed by atoms with Gasteiger partial charge in [0.05, 0.1) is 5.69 Å². The van der Waals surface area contributed by atoms with Crippen molar-refractivity contribution in [1.29, 1.82) is 0 Å². The zero-order chi connectivity index (χ0) is 23.5. The maximum absolute atomic E-state index is 13.0. The summed E-state index contributed by atoms with van der Waals surface area (Å²) < 4.78 is 32.6. The number of aryl methyl sites for hydroxylation is 2. The van der Waals surface area contributed by atoms with Gasteiger partial charge < -0.3 is 9.64 Å². The predicted molar refractivity (Wildman–Crippen MR) is 130 cm³/mol. The van der Waals surface area contributed by atoms with Crippen molar-refractivity contribution < 1.29 is 17.9 Å². The molecule has 170 valence electrons. The Hall–Kier alpha value is -2.84. The molecule has 0 aliphatic carbocycles. The van der Waals surface area contributed by atoms with Crippen LogP contribution in [0.15, 0.2) is 64.2 Å². The lowest BCUT2D eigenvalue weighted by atomic mass is 10.1. The number of benzene rings is 2. The Bertz CT molecular complexity index is 1170. The second kappa shape index (κ2) is 9.75. The number of hydrogen-bond donors (Lipinski definition) is 0. The summed E-state index contributed by atoms with van der Waals surface area (Å²) in [6.07, 6.45) is 0. The average molecular weight is 473 g/mol. The standard InChI is InChI=1S/C24H28N2O4S2/c1-17(2)26(22-15-18(3)8-9-19(22)4)23(27)16-30-21-12-10-20(11-13-21)25(5)32(28,29)24-7-6-14-31-24/h6-15,17H,16H2,1-5H3. The number of ether oxygens (including phenoxy) is 1. The Labute approximate surface area is 194 Å². The molecule has 0 aliphatic rings. The second-order valence-corrected chi connectivity index (χ2v) is 11.0. The molecule has 0 spiro atoms. The summed E-state index contributed by atoms with van der Waals surface area (Å²) in [6.45, 7) is 7.81. The monoisotopic (exact) mass is 472 g/mol. The molecule has 6 nitrogen and oxygen atoms in total. The lowest BCUT2D eigenvalue weighted by Gasteiger charge is -2.28. The molecule has 0 bridgehead atoms. The van der Waals surface area contributed by atoms with Gasteiger partial charge in [-0.2, -0.15) is 0 Å². The zero-order valence-corrected chi connectivity index (χ0v) is 20.5. The molecule has 3 rings (SSSR count). The van der Waals surface area contributed by atoms with Crippen molar-refractivity contribution >= 4 is 38.6 Å². The quantitative estimate of drug-likeness (QED) is 0.462. The molecule has 0 atom stereocenters. The number of anilines is 2. The van der Waals surface area contributed by atoms with E-state index in [1.54, 1.807) is 46.7 Å². The maximum atomic E-state index is 13.0. The molecule has 0 N–H and O–H groups in total. The number of carbonyl (C=O) groups excluding carboxylic acids is 1. The fourth-order valence-corrected chi connectivity index (χ4v) is 5.69. The summed E-state index contributed by atoms with van der Waals surface area (Å²) in [5.41, 5.74) is 3.50. The maximum Gasteiger partial charge on any atom is 0.273 e. The highest BCUT2D eigenvalue weighted by Crippen LogP contribution is 2.27. The molecule has 32 heavy (non-hydrogen) atoms. The molecular formula is C24H28N2O4S2. The molecule has 3 aromatic rings. The van der Waals surface area contributed by atoms with Crippen LogP contribution in [0.3, 0.4) is 0 Å². The van der Waals surface area contributed by atoms with E-state index in [2.05, 4.69) is 0 Å². The summed E-state index contributed by atoms with van der Waals surface area (Å²) in [6, 6.07) is 16.0.